The molecule has 1 aliphatic carbocycles. The molecule has 1 saturated carbocycles. The van der Waals surface area contributed by atoms with Gasteiger partial charge in [-0.1, -0.05) is 50.0 Å². The van der Waals surface area contributed by atoms with Crippen LogP contribution in [-0.2, 0) is 35.2 Å². The average molecular weight is 728 g/mol. The molecule has 2 aliphatic rings. The molecule has 288 valence electrons. The zero-order valence-corrected chi connectivity index (χ0v) is 29.9. The first-order valence-electron chi connectivity index (χ1n) is 18.6. The molecule has 0 spiro atoms. The summed E-state index contributed by atoms with van der Waals surface area (Å²) in [6, 6.07) is 0.586. The lowest BCUT2D eigenvalue weighted by atomic mass is 9.97. The van der Waals surface area contributed by atoms with Gasteiger partial charge in [0.25, 0.3) is 0 Å². The molecule has 1 aliphatic heterocycles. The Balaban J connectivity index is 1.86. The summed E-state index contributed by atoms with van der Waals surface area (Å²) in [5.74, 6) is -3.86. The lowest BCUT2D eigenvalue weighted by Crippen LogP contribution is -2.59. The topological polar surface area (TPSA) is 255 Å². The van der Waals surface area contributed by atoms with Crippen LogP contribution in [0.5, 0.6) is 5.75 Å². The number of hydrogen-bond donors (Lipinski definition) is 9. The predicted molar refractivity (Wildman–Crippen MR) is 194 cm³/mol. The van der Waals surface area contributed by atoms with Crippen LogP contribution < -0.4 is 38.1 Å². The highest BCUT2D eigenvalue weighted by molar-refractivity contribution is 5.96. The molecular weight excluding hydrogens is 670 g/mol. The Labute approximate surface area is 305 Å². The Morgan fingerprint density at radius 3 is 2.04 bits per heavy atom. The zero-order chi connectivity index (χ0) is 37.9. The number of allylic oxidation sites excluding steroid dienone is 1. The summed E-state index contributed by atoms with van der Waals surface area (Å²) in [6.07, 6.45) is 10.7. The summed E-state index contributed by atoms with van der Waals surface area (Å²) in [7, 11) is 0. The molecular formula is C37H57N7O8. The molecule has 0 bridgehead atoms. The maximum Gasteiger partial charge on any atom is 0.326 e. The van der Waals surface area contributed by atoms with Crippen LogP contribution in [0.1, 0.15) is 95.5 Å². The number of benzene rings is 1. The number of aromatic hydroxyl groups is 1. The first-order valence-corrected chi connectivity index (χ1v) is 18.6. The molecule has 5 amide bonds. The van der Waals surface area contributed by atoms with Gasteiger partial charge in [0.2, 0.25) is 29.5 Å². The minimum absolute atomic E-state index is 0.0113. The van der Waals surface area contributed by atoms with Crippen LogP contribution in [0.2, 0.25) is 0 Å². The largest absolute Gasteiger partial charge is 0.508 e. The number of carboxylic acids is 1. The molecule has 1 fully saturated rings. The number of amides is 5. The van der Waals surface area contributed by atoms with E-state index >= 15 is 0 Å². The quantitative estimate of drug-likeness (QED) is 0.0814. The number of unbranched alkanes of at least 4 members (excludes halogenated alkanes) is 2. The number of hydrogen-bond acceptors (Lipinski definition) is 9. The first kappa shape index (κ1) is 41.9. The Morgan fingerprint density at radius 2 is 1.42 bits per heavy atom. The van der Waals surface area contributed by atoms with Crippen molar-refractivity contribution in [3.8, 4) is 5.75 Å². The van der Waals surface area contributed by atoms with Crippen LogP contribution in [0.4, 0.5) is 0 Å². The van der Waals surface area contributed by atoms with Crippen molar-refractivity contribution in [2.24, 2.45) is 17.4 Å². The third-order valence-electron chi connectivity index (χ3n) is 9.56. The van der Waals surface area contributed by atoms with Crippen molar-refractivity contribution < 1.29 is 39.0 Å². The highest BCUT2D eigenvalue weighted by atomic mass is 16.4. The molecule has 1 aromatic rings. The van der Waals surface area contributed by atoms with Gasteiger partial charge in [-0.2, -0.15) is 0 Å². The van der Waals surface area contributed by atoms with Crippen LogP contribution in [0.15, 0.2) is 36.4 Å². The second-order valence-corrected chi connectivity index (χ2v) is 13.8. The second kappa shape index (κ2) is 22.4. The smallest absolute Gasteiger partial charge is 0.326 e. The standard InChI is InChI=1S/C37H57N7O8/c38-20-8-6-13-27-33(47)41-29(14-7-9-21-39)34(48)42-28(12-2-1-3-15-32(46)40-27)35(49)43-30(22-25-16-18-26(45)19-17-25)36(50)44-31(37(51)52)23-24-10-4-5-11-24/h1-2,16-19,24,27-31,45H,3-15,20-23,38-39H2,(H,40,46)(H,41,47)(H,42,48)(H,43,49)(H,44,50)(H,51,52)/b2-1+/t27-,28-,29-,30-,31-/m0/s1. The predicted octanol–water partition coefficient (Wildman–Crippen LogP) is 1.02. The van der Waals surface area contributed by atoms with Crippen LogP contribution in [0.25, 0.3) is 0 Å². The summed E-state index contributed by atoms with van der Waals surface area (Å²) in [5.41, 5.74) is 11.9. The van der Waals surface area contributed by atoms with Crippen LogP contribution >= 0.6 is 0 Å². The van der Waals surface area contributed by atoms with Crippen molar-refractivity contribution in [3.63, 3.8) is 0 Å². The lowest BCUT2D eigenvalue weighted by Gasteiger charge is -2.27. The number of aliphatic carboxylic acids is 1. The van der Waals surface area contributed by atoms with Gasteiger partial charge in [0, 0.05) is 12.8 Å². The second-order valence-electron chi connectivity index (χ2n) is 13.8. The highest BCUT2D eigenvalue weighted by Gasteiger charge is 2.33. The summed E-state index contributed by atoms with van der Waals surface area (Å²) in [4.78, 5) is 79.8. The van der Waals surface area contributed by atoms with Crippen LogP contribution in [0, 0.1) is 5.92 Å². The average Bonchev–Trinajstić information content (AvgIpc) is 3.63. The van der Waals surface area contributed by atoms with Crippen molar-refractivity contribution in [3.05, 3.63) is 42.0 Å². The molecule has 3 rings (SSSR count). The molecule has 1 heterocycles. The van der Waals surface area contributed by atoms with Gasteiger partial charge in [-0.25, -0.2) is 4.79 Å². The van der Waals surface area contributed by atoms with E-state index in [0.29, 0.717) is 57.2 Å². The van der Waals surface area contributed by atoms with Gasteiger partial charge >= 0.3 is 5.97 Å². The van der Waals surface area contributed by atoms with Crippen molar-refractivity contribution in [2.75, 3.05) is 13.1 Å². The summed E-state index contributed by atoms with van der Waals surface area (Å²) >= 11 is 0. The van der Waals surface area contributed by atoms with Crippen molar-refractivity contribution in [2.45, 2.75) is 127 Å². The van der Waals surface area contributed by atoms with Gasteiger partial charge in [0.1, 0.15) is 36.0 Å². The summed E-state index contributed by atoms with van der Waals surface area (Å²) in [5, 5.41) is 33.4. The highest BCUT2D eigenvalue weighted by Crippen LogP contribution is 2.28. The van der Waals surface area contributed by atoms with E-state index in [1.54, 1.807) is 24.3 Å². The third-order valence-corrected chi connectivity index (χ3v) is 9.56. The Morgan fingerprint density at radius 1 is 0.808 bits per heavy atom. The summed E-state index contributed by atoms with van der Waals surface area (Å²) < 4.78 is 0. The minimum Gasteiger partial charge on any atom is -0.508 e. The van der Waals surface area contributed by atoms with Gasteiger partial charge in [0.05, 0.1) is 0 Å². The van der Waals surface area contributed by atoms with E-state index < -0.39 is 59.8 Å². The molecule has 52 heavy (non-hydrogen) atoms. The number of carbonyl (C=O) groups excluding carboxylic acids is 5. The fraction of sp³-hybridized carbons (Fsp3) is 0.622. The van der Waals surface area contributed by atoms with E-state index in [4.69, 9.17) is 11.5 Å². The van der Waals surface area contributed by atoms with Gasteiger partial charge in [-0.3, -0.25) is 24.0 Å². The number of phenolic OH excluding ortho intramolecular Hbond substituents is 1. The number of rotatable bonds is 17. The van der Waals surface area contributed by atoms with E-state index in [2.05, 4.69) is 26.6 Å². The molecule has 0 saturated heterocycles. The SMILES string of the molecule is NCCCC[C@@H]1NC(=O)CC/C=C/C[C@@H](C(=O)N[C@@H](Cc2ccc(O)cc2)C(=O)N[C@@H](CC2CCCC2)C(=O)O)NC(=O)[C@H](CCCCN)NC1=O. The molecule has 1 aromatic carbocycles. The molecule has 5 atom stereocenters. The monoisotopic (exact) mass is 727 g/mol. The normalized spacial score (nSPS) is 22.2. The van der Waals surface area contributed by atoms with E-state index in [0.717, 1.165) is 25.7 Å². The van der Waals surface area contributed by atoms with Gasteiger partial charge in [0.15, 0.2) is 0 Å². The van der Waals surface area contributed by atoms with Gasteiger partial charge in [-0.05, 0) is 94.5 Å². The first-order chi connectivity index (χ1) is 25.0. The number of carbonyl (C=O) groups is 6. The number of carboxylic acid groups (broad SMARTS) is 1. The van der Waals surface area contributed by atoms with Crippen LogP contribution in [0.3, 0.4) is 0 Å². The van der Waals surface area contributed by atoms with Gasteiger partial charge < -0.3 is 48.3 Å². The Kier molecular flexibility index (Phi) is 18.1. The van der Waals surface area contributed by atoms with Crippen molar-refractivity contribution in [1.29, 1.82) is 0 Å². The molecule has 15 heteroatoms. The maximum atomic E-state index is 13.9. The molecule has 0 radical (unpaired) electrons. The molecule has 0 unspecified atom stereocenters. The third kappa shape index (κ3) is 14.6. The fourth-order valence-electron chi connectivity index (χ4n) is 6.55. The van der Waals surface area contributed by atoms with E-state index in [1.807, 2.05) is 0 Å². The van der Waals surface area contributed by atoms with Crippen molar-refractivity contribution >= 4 is 35.5 Å². The minimum atomic E-state index is -1.23. The Hall–Kier alpha value is -4.50. The maximum absolute atomic E-state index is 13.9. The molecule has 11 N–H and O–H groups in total. The van der Waals surface area contributed by atoms with E-state index in [1.165, 1.54) is 12.1 Å². The van der Waals surface area contributed by atoms with Crippen molar-refractivity contribution in [1.82, 2.24) is 26.6 Å². The Bertz CT molecular complexity index is 1370. The fourth-order valence-corrected chi connectivity index (χ4v) is 6.55. The van der Waals surface area contributed by atoms with E-state index in [-0.39, 0.29) is 49.7 Å². The zero-order valence-electron chi connectivity index (χ0n) is 29.9. The molecule has 15 nitrogen and oxygen atoms in total. The number of nitrogens with one attached hydrogen (secondary N) is 5. The molecule has 0 aromatic heterocycles. The number of nitrogens with two attached hydrogens (primary N) is 2. The van der Waals surface area contributed by atoms with E-state index in [9.17, 15) is 39.0 Å². The lowest BCUT2D eigenvalue weighted by molar-refractivity contribution is -0.143. The number of phenols is 1. The van der Waals surface area contributed by atoms with Crippen LogP contribution in [-0.4, -0.2) is 89.0 Å². The summed E-state index contributed by atoms with van der Waals surface area (Å²) in [6.45, 7) is 0.808. The van der Waals surface area contributed by atoms with Gasteiger partial charge in [-0.15, -0.1) is 0 Å².